The van der Waals surface area contributed by atoms with E-state index in [4.69, 9.17) is 9.47 Å². The Bertz CT molecular complexity index is 2200. The molecule has 0 heterocycles. The molecule has 0 aliphatic rings. The number of benzene rings is 4. The lowest BCUT2D eigenvalue weighted by molar-refractivity contribution is -0.117. The van der Waals surface area contributed by atoms with Crippen LogP contribution >= 0.6 is 0 Å². The number of azide groups is 1. The Balaban J connectivity index is 1.71. The molecule has 0 bridgehead atoms. The molecule has 4 aromatic rings. The number of carbonyl (C=O) groups excluding carboxylic acids is 2. The Labute approximate surface area is 333 Å². The van der Waals surface area contributed by atoms with Gasteiger partial charge in [-0.2, -0.15) is 0 Å². The fourth-order valence-corrected chi connectivity index (χ4v) is 7.39. The molecule has 13 nitrogen and oxygen atoms in total. The molecule has 0 fully saturated rings. The van der Waals surface area contributed by atoms with Crippen molar-refractivity contribution in [3.63, 3.8) is 0 Å². The molecule has 58 heavy (non-hydrogen) atoms. The number of anilines is 1. The second kappa shape index (κ2) is 19.7. The molecule has 4 rings (SSSR count). The number of halogens is 4. The van der Waals surface area contributed by atoms with Gasteiger partial charge in [0, 0.05) is 47.3 Å². The number of methoxy groups -OCH3 is 1. The third kappa shape index (κ3) is 12.7. The highest BCUT2D eigenvalue weighted by Gasteiger charge is 2.33. The summed E-state index contributed by atoms with van der Waals surface area (Å²) in [5, 5.41) is 16.4. The molecule has 4 atom stereocenters. The van der Waals surface area contributed by atoms with E-state index in [0.29, 0.717) is 11.8 Å². The summed E-state index contributed by atoms with van der Waals surface area (Å²) in [6, 6.07) is 13.4. The van der Waals surface area contributed by atoms with Gasteiger partial charge in [-0.1, -0.05) is 23.3 Å². The van der Waals surface area contributed by atoms with Crippen molar-refractivity contribution in [3.05, 3.63) is 135 Å². The third-order valence-corrected chi connectivity index (χ3v) is 10.2. The zero-order valence-corrected chi connectivity index (χ0v) is 33.1. The number of amides is 2. The number of aliphatic hydroxyl groups is 1. The summed E-state index contributed by atoms with van der Waals surface area (Å²) in [6.07, 6.45) is -2.33. The van der Waals surface area contributed by atoms with Crippen LogP contribution in [0.4, 0.5) is 28.0 Å². The van der Waals surface area contributed by atoms with Crippen molar-refractivity contribution in [1.82, 2.24) is 9.62 Å². The first kappa shape index (κ1) is 45.0. The van der Waals surface area contributed by atoms with Crippen molar-refractivity contribution < 1.29 is 50.1 Å². The van der Waals surface area contributed by atoms with Crippen LogP contribution < -0.4 is 14.8 Å². The van der Waals surface area contributed by atoms with Crippen LogP contribution in [0.15, 0.2) is 94.9 Å². The maximum absolute atomic E-state index is 15.7. The molecule has 0 unspecified atom stereocenters. The summed E-state index contributed by atoms with van der Waals surface area (Å²) < 4.78 is 99.1. The standard InChI is InChI=1S/C40H44F4N6O7S/c1-24(51)22-50(39(53)57-40(2,3)4)23-30(48-58(54,55)32-16-14-31(56-5)15-17-32)13-18-33-34(44)7-6-8-35(33)46-38(52)37(47-49-45)36(25-9-11-27(41)12-10-25)26-19-28(42)21-29(43)20-26/h6-12,14-17,19-21,24,30,36-37,48,51H,13,18,22-23H2,1-5H3,(H,46,52)/t24-,30-,36-,37-/m0/s1. The monoisotopic (exact) mass is 828 g/mol. The molecule has 0 aliphatic heterocycles. The minimum absolute atomic E-state index is 0.112. The first-order valence-corrected chi connectivity index (χ1v) is 19.4. The number of aliphatic hydroxyl groups excluding tert-OH is 1. The summed E-state index contributed by atoms with van der Waals surface area (Å²) in [5.74, 6) is -5.42. The molecule has 0 radical (unpaired) electrons. The normalized spacial score (nSPS) is 13.7. The molecule has 18 heteroatoms. The van der Waals surface area contributed by atoms with E-state index in [2.05, 4.69) is 20.1 Å². The van der Waals surface area contributed by atoms with Gasteiger partial charge in [-0.25, -0.2) is 35.5 Å². The number of hydrogen-bond acceptors (Lipinski definition) is 8. The Morgan fingerprint density at radius 2 is 1.55 bits per heavy atom. The van der Waals surface area contributed by atoms with Gasteiger partial charge in [0.25, 0.3) is 0 Å². The van der Waals surface area contributed by atoms with Crippen LogP contribution in [-0.2, 0) is 26.0 Å². The third-order valence-electron chi connectivity index (χ3n) is 8.62. The van der Waals surface area contributed by atoms with E-state index in [1.165, 1.54) is 62.6 Å². The van der Waals surface area contributed by atoms with Crippen LogP contribution in [0.5, 0.6) is 5.75 Å². The van der Waals surface area contributed by atoms with Crippen molar-refractivity contribution in [2.75, 3.05) is 25.5 Å². The molecular formula is C40H44F4N6O7S. The number of sulfonamides is 1. The molecular weight excluding hydrogens is 785 g/mol. The van der Waals surface area contributed by atoms with Crippen LogP contribution in [0.3, 0.4) is 0 Å². The lowest BCUT2D eigenvalue weighted by Crippen LogP contribution is -2.49. The average molecular weight is 829 g/mol. The molecule has 0 spiro atoms. The van der Waals surface area contributed by atoms with E-state index in [-0.39, 0.29) is 53.2 Å². The Morgan fingerprint density at radius 1 is 0.914 bits per heavy atom. The number of carbonyl (C=O) groups is 2. The van der Waals surface area contributed by atoms with E-state index in [1.807, 2.05) is 0 Å². The van der Waals surface area contributed by atoms with Crippen molar-refractivity contribution >= 4 is 27.7 Å². The minimum atomic E-state index is -4.29. The van der Waals surface area contributed by atoms with Crippen molar-refractivity contribution in [2.45, 2.75) is 75.1 Å². The zero-order valence-electron chi connectivity index (χ0n) is 32.3. The molecule has 4 aromatic carbocycles. The minimum Gasteiger partial charge on any atom is -0.497 e. The predicted octanol–water partition coefficient (Wildman–Crippen LogP) is 7.60. The predicted molar refractivity (Wildman–Crippen MR) is 207 cm³/mol. The van der Waals surface area contributed by atoms with E-state index >= 15 is 4.39 Å². The van der Waals surface area contributed by atoms with Gasteiger partial charge in [-0.3, -0.25) is 4.79 Å². The quantitative estimate of drug-likeness (QED) is 0.0424. The SMILES string of the molecule is COc1ccc(S(=O)(=O)N[C@@H](CCc2c(F)cccc2NC(=O)[C@@H](N=[N+]=[N-])[C@@H](c2ccc(F)cc2)c2cc(F)cc(F)c2)CN(C[C@H](C)O)C(=O)OC(C)(C)C)cc1. The van der Waals surface area contributed by atoms with Crippen molar-refractivity contribution in [2.24, 2.45) is 5.11 Å². The molecule has 0 aliphatic carbocycles. The molecule has 0 saturated carbocycles. The fourth-order valence-electron chi connectivity index (χ4n) is 6.13. The first-order chi connectivity index (χ1) is 27.3. The van der Waals surface area contributed by atoms with Gasteiger partial charge >= 0.3 is 6.09 Å². The smallest absolute Gasteiger partial charge is 0.410 e. The number of nitrogens with one attached hydrogen (secondary N) is 2. The van der Waals surface area contributed by atoms with E-state index in [0.717, 1.165) is 35.2 Å². The lowest BCUT2D eigenvalue weighted by Gasteiger charge is -2.31. The highest BCUT2D eigenvalue weighted by atomic mass is 32.2. The van der Waals surface area contributed by atoms with Crippen LogP contribution in [0.1, 0.15) is 56.7 Å². The molecule has 2 amide bonds. The van der Waals surface area contributed by atoms with Gasteiger partial charge in [-0.15, -0.1) is 0 Å². The van der Waals surface area contributed by atoms with Crippen molar-refractivity contribution in [3.8, 4) is 5.75 Å². The summed E-state index contributed by atoms with van der Waals surface area (Å²) in [5.41, 5.74) is 8.39. The van der Waals surface area contributed by atoms with E-state index < -0.39 is 75.0 Å². The number of rotatable bonds is 17. The summed E-state index contributed by atoms with van der Waals surface area (Å²) in [6.45, 7) is 5.74. The average Bonchev–Trinajstić information content (AvgIpc) is 3.13. The van der Waals surface area contributed by atoms with Crippen LogP contribution in [0.2, 0.25) is 0 Å². The summed E-state index contributed by atoms with van der Waals surface area (Å²) >= 11 is 0. The van der Waals surface area contributed by atoms with E-state index in [1.54, 1.807) is 20.8 Å². The van der Waals surface area contributed by atoms with E-state index in [9.17, 15) is 41.8 Å². The first-order valence-electron chi connectivity index (χ1n) is 18.0. The Hall–Kier alpha value is -5.68. The molecule has 0 aromatic heterocycles. The van der Waals surface area contributed by atoms with Gasteiger partial charge < -0.3 is 24.8 Å². The van der Waals surface area contributed by atoms with Crippen LogP contribution in [0, 0.1) is 23.3 Å². The zero-order chi connectivity index (χ0) is 42.8. The summed E-state index contributed by atoms with van der Waals surface area (Å²) in [4.78, 5) is 31.0. The lowest BCUT2D eigenvalue weighted by atomic mass is 9.84. The maximum Gasteiger partial charge on any atom is 0.410 e. The maximum atomic E-state index is 15.7. The number of hydrogen-bond donors (Lipinski definition) is 3. The van der Waals surface area contributed by atoms with Gasteiger partial charge in [0.15, 0.2) is 0 Å². The topological polar surface area (TPSA) is 183 Å². The van der Waals surface area contributed by atoms with Crippen LogP contribution in [-0.4, -0.2) is 74.4 Å². The van der Waals surface area contributed by atoms with Gasteiger partial charge in [0.05, 0.1) is 18.1 Å². The van der Waals surface area contributed by atoms with Gasteiger partial charge in [0.1, 0.15) is 40.7 Å². The highest BCUT2D eigenvalue weighted by molar-refractivity contribution is 7.89. The fraction of sp³-hybridized carbons (Fsp3) is 0.350. The molecule has 0 saturated heterocycles. The van der Waals surface area contributed by atoms with Crippen molar-refractivity contribution in [1.29, 1.82) is 0 Å². The number of ether oxygens (including phenoxy) is 2. The highest BCUT2D eigenvalue weighted by Crippen LogP contribution is 2.33. The second-order valence-electron chi connectivity index (χ2n) is 14.4. The Kier molecular flexibility index (Phi) is 15.3. The summed E-state index contributed by atoms with van der Waals surface area (Å²) in [7, 11) is -2.87. The van der Waals surface area contributed by atoms with Crippen LogP contribution in [0.25, 0.3) is 10.4 Å². The van der Waals surface area contributed by atoms with Gasteiger partial charge in [0.2, 0.25) is 15.9 Å². The number of nitrogens with zero attached hydrogens (tertiary/aromatic N) is 4. The molecule has 310 valence electrons. The largest absolute Gasteiger partial charge is 0.497 e. The second-order valence-corrected chi connectivity index (χ2v) is 16.1. The Morgan fingerprint density at radius 3 is 2.12 bits per heavy atom. The molecule has 3 N–H and O–H groups in total. The van der Waals surface area contributed by atoms with Gasteiger partial charge in [-0.05, 0) is 118 Å².